The van der Waals surface area contributed by atoms with Gasteiger partial charge in [0.2, 0.25) is 0 Å². The molecule has 9 atom stereocenters. The van der Waals surface area contributed by atoms with Gasteiger partial charge < -0.3 is 10.0 Å². The smallest absolute Gasteiger partial charge is 0.258 e. The molecule has 3 fully saturated rings. The van der Waals surface area contributed by atoms with E-state index in [-0.39, 0.29) is 25.0 Å². The lowest BCUT2D eigenvalue weighted by Gasteiger charge is -2.63. The van der Waals surface area contributed by atoms with Crippen LogP contribution in [0.5, 0.6) is 0 Å². The minimum absolute atomic E-state index is 0.0532. The number of ketones is 1. The van der Waals surface area contributed by atoms with Crippen LogP contribution in [0.15, 0.2) is 48.1 Å². The monoisotopic (exact) mass is 601 g/mol. The summed E-state index contributed by atoms with van der Waals surface area (Å²) in [5.74, 6) is -2.80. The summed E-state index contributed by atoms with van der Waals surface area (Å²) in [7, 11) is 3.23. The average Bonchev–Trinajstić information content (AvgIpc) is 3.14. The number of hydroxylamine groups is 2. The molecule has 5 rings (SSSR count). The average molecular weight is 602 g/mol. The largest absolute Gasteiger partial charge is 0.390 e. The van der Waals surface area contributed by atoms with E-state index in [0.717, 1.165) is 5.56 Å². The third-order valence-corrected chi connectivity index (χ3v) is 11.0. The number of fused-ring (bicyclic) bond motifs is 5. The Morgan fingerprint density at radius 2 is 1.88 bits per heavy atom. The molecule has 10 heteroatoms. The summed E-state index contributed by atoms with van der Waals surface area (Å²) < 4.78 is 33.5. The molecule has 0 heterocycles. The molecule has 1 N–H and O–H groups in total. The molecule has 0 unspecified atom stereocenters. The van der Waals surface area contributed by atoms with Crippen molar-refractivity contribution < 1.29 is 28.3 Å². The number of alkyl halides is 2. The summed E-state index contributed by atoms with van der Waals surface area (Å²) in [5.41, 5.74) is -5.55. The molecule has 0 bridgehead atoms. The Morgan fingerprint density at radius 1 is 1.21 bits per heavy atom. The summed E-state index contributed by atoms with van der Waals surface area (Å²) in [6, 6.07) is 9.23. The summed E-state index contributed by atoms with van der Waals surface area (Å²) >= 11 is 6.05. The van der Waals surface area contributed by atoms with Gasteiger partial charge in [0, 0.05) is 42.4 Å². The van der Waals surface area contributed by atoms with E-state index >= 15 is 8.78 Å². The molecule has 1 amide bonds. The van der Waals surface area contributed by atoms with Crippen LogP contribution in [0.4, 0.5) is 8.78 Å². The first kappa shape index (κ1) is 30.8. The lowest BCUT2D eigenvalue weighted by molar-refractivity contribution is -0.298. The fourth-order valence-corrected chi connectivity index (χ4v) is 8.93. The minimum atomic E-state index is -2.27. The topological polar surface area (TPSA) is 93.9 Å². The number of hydrogen-bond acceptors (Lipinski definition) is 6. The van der Waals surface area contributed by atoms with E-state index in [2.05, 4.69) is 0 Å². The molecule has 3 saturated carbocycles. The normalized spacial score (nSPS) is 40.5. The number of allylic oxidation sites excluding steroid dienone is 4. The summed E-state index contributed by atoms with van der Waals surface area (Å²) in [6.07, 6.45) is 0.666. The van der Waals surface area contributed by atoms with E-state index in [4.69, 9.17) is 16.4 Å². The molecule has 0 aliphatic heterocycles. The highest BCUT2D eigenvalue weighted by atomic mass is 35.5. The predicted octanol–water partition coefficient (Wildman–Crippen LogP) is 4.99. The number of aliphatic hydroxyl groups excluding tert-OH is 1. The number of hydrogen-bond donors (Lipinski definition) is 1. The van der Waals surface area contributed by atoms with Gasteiger partial charge in [-0.25, -0.2) is 8.78 Å². The van der Waals surface area contributed by atoms with Crippen molar-refractivity contribution >= 4 is 23.3 Å². The number of likely N-dealkylation sites (N-methyl/N-ethyl adjacent to an activating group) is 1. The molecule has 226 valence electrons. The second-order valence-corrected chi connectivity index (χ2v) is 13.5. The molecule has 0 radical (unpaired) electrons. The van der Waals surface area contributed by atoms with Gasteiger partial charge in [-0.05, 0) is 73.4 Å². The van der Waals surface area contributed by atoms with Gasteiger partial charge in [0.1, 0.15) is 12.7 Å². The number of rotatable bonds is 6. The van der Waals surface area contributed by atoms with Gasteiger partial charge in [-0.3, -0.25) is 14.4 Å². The highest BCUT2D eigenvalue weighted by Gasteiger charge is 2.78. The van der Waals surface area contributed by atoms with Crippen LogP contribution in [0.25, 0.3) is 0 Å². The highest BCUT2D eigenvalue weighted by Crippen LogP contribution is 2.71. The second kappa shape index (κ2) is 10.5. The van der Waals surface area contributed by atoms with E-state index in [1.807, 2.05) is 32.0 Å². The Hall–Kier alpha value is -2.64. The Morgan fingerprint density at radius 3 is 2.52 bits per heavy atom. The lowest BCUT2D eigenvalue weighted by atomic mass is 9.44. The van der Waals surface area contributed by atoms with Crippen molar-refractivity contribution in [1.82, 2.24) is 9.96 Å². The fraction of sp³-hybridized carbons (Fsp3) is 0.594. The van der Waals surface area contributed by atoms with Crippen LogP contribution in [0.2, 0.25) is 5.02 Å². The minimum Gasteiger partial charge on any atom is -0.390 e. The number of halogens is 3. The Balaban J connectivity index is 1.59. The number of aliphatic hydroxyl groups is 1. The van der Waals surface area contributed by atoms with Crippen LogP contribution in [-0.4, -0.2) is 70.9 Å². The van der Waals surface area contributed by atoms with E-state index in [1.54, 1.807) is 31.2 Å². The van der Waals surface area contributed by atoms with Gasteiger partial charge in [0.15, 0.2) is 17.1 Å². The van der Waals surface area contributed by atoms with Crippen molar-refractivity contribution in [2.45, 2.75) is 70.1 Å². The van der Waals surface area contributed by atoms with Crippen LogP contribution in [0.1, 0.15) is 45.6 Å². The molecule has 0 saturated heterocycles. The van der Waals surface area contributed by atoms with Crippen LogP contribution in [-0.2, 0) is 21.0 Å². The molecule has 7 nitrogen and oxygen atoms in total. The van der Waals surface area contributed by atoms with Crippen LogP contribution < -0.4 is 0 Å². The van der Waals surface area contributed by atoms with Crippen LogP contribution in [0.3, 0.4) is 0 Å². The van der Waals surface area contributed by atoms with Crippen molar-refractivity contribution in [3.63, 3.8) is 0 Å². The van der Waals surface area contributed by atoms with Crippen molar-refractivity contribution in [3.05, 3.63) is 58.7 Å². The van der Waals surface area contributed by atoms with E-state index in [0.29, 0.717) is 18.0 Å². The van der Waals surface area contributed by atoms with Crippen molar-refractivity contribution in [1.29, 1.82) is 5.26 Å². The van der Waals surface area contributed by atoms with E-state index in [1.165, 1.54) is 30.2 Å². The fourth-order valence-electron chi connectivity index (χ4n) is 8.80. The van der Waals surface area contributed by atoms with Gasteiger partial charge in [-0.1, -0.05) is 43.7 Å². The maximum atomic E-state index is 17.7. The molecule has 1 aromatic carbocycles. The number of amides is 1. The quantitative estimate of drug-likeness (QED) is 0.365. The van der Waals surface area contributed by atoms with Crippen molar-refractivity contribution in [2.75, 3.05) is 20.6 Å². The zero-order valence-electron chi connectivity index (χ0n) is 24.6. The maximum Gasteiger partial charge on any atom is 0.258 e. The molecule has 1 aromatic rings. The molecule has 4 aliphatic rings. The predicted molar refractivity (Wildman–Crippen MR) is 153 cm³/mol. The van der Waals surface area contributed by atoms with E-state index < -0.39 is 63.8 Å². The van der Waals surface area contributed by atoms with Crippen molar-refractivity contribution in [2.24, 2.45) is 28.6 Å². The third kappa shape index (κ3) is 4.21. The molecule has 0 aromatic heterocycles. The Bertz CT molecular complexity index is 1380. The number of carbonyl (C=O) groups excluding carboxylic acids is 2. The van der Waals surface area contributed by atoms with Crippen LogP contribution >= 0.6 is 11.6 Å². The van der Waals surface area contributed by atoms with Crippen LogP contribution in [0, 0.1) is 39.9 Å². The van der Waals surface area contributed by atoms with Gasteiger partial charge in [0.05, 0.1) is 12.2 Å². The zero-order valence-corrected chi connectivity index (χ0v) is 25.4. The molecule has 42 heavy (non-hydrogen) atoms. The zero-order chi connectivity index (χ0) is 30.8. The first-order valence-corrected chi connectivity index (χ1v) is 14.8. The summed E-state index contributed by atoms with van der Waals surface area (Å²) in [4.78, 5) is 34.5. The third-order valence-electron chi connectivity index (χ3n) is 10.8. The van der Waals surface area contributed by atoms with Gasteiger partial charge in [-0.2, -0.15) is 10.3 Å². The molecule has 0 spiro atoms. The number of carbonyl (C=O) groups is 2. The summed E-state index contributed by atoms with van der Waals surface area (Å²) in [6.45, 7) is 5.37. The number of benzene rings is 1. The van der Waals surface area contributed by atoms with Crippen molar-refractivity contribution in [3.8, 4) is 6.07 Å². The van der Waals surface area contributed by atoms with Gasteiger partial charge >= 0.3 is 0 Å². The maximum absolute atomic E-state index is 17.7. The second-order valence-electron chi connectivity index (χ2n) is 13.1. The Labute approximate surface area is 250 Å². The lowest BCUT2D eigenvalue weighted by Crippen LogP contribution is -2.72. The first-order valence-electron chi connectivity index (χ1n) is 14.4. The standard InChI is InChI=1S/C32H38ClF2N3O4/c1-19-14-23-24-16-26(34)25-15-22(39)10-11-29(25,2)31(24,35)27(40)17-30(23,3)32(19,28(41)37(4)13-12-36)42-38(5)18-20-6-8-21(33)9-7-20/h6-11,15,19,23-24,26-27,40H,13-14,16-18H2,1-5H3/t19-,23+,24+,26+,27+,29+,30+,31+,32+/m1/s1. The number of nitriles is 1. The molecule has 4 aliphatic carbocycles. The van der Waals surface area contributed by atoms with Gasteiger partial charge in [-0.15, -0.1) is 0 Å². The first-order chi connectivity index (χ1) is 19.7. The molecular formula is C32H38ClF2N3O4. The molecular weight excluding hydrogens is 564 g/mol. The highest BCUT2D eigenvalue weighted by molar-refractivity contribution is 6.30. The summed E-state index contributed by atoms with van der Waals surface area (Å²) in [5, 5.41) is 23.3. The number of nitrogens with zero attached hydrogens (tertiary/aromatic N) is 3. The SMILES string of the molecule is C[C@@H]1C[C@H]2[C@@H]3C[C@H](F)C4=CC(=O)C=C[C@]4(C)[C@@]3(F)[C@@H](O)C[C@]2(C)[C@@]1(ON(C)Cc1ccc(Cl)cc1)C(=O)N(C)CC#N. The Kier molecular flexibility index (Phi) is 7.71. The van der Waals surface area contributed by atoms with Gasteiger partial charge in [0.25, 0.3) is 5.91 Å². The van der Waals surface area contributed by atoms with E-state index in [9.17, 15) is 20.0 Å².